The molecule has 0 saturated heterocycles. The van der Waals surface area contributed by atoms with Crippen molar-refractivity contribution in [2.75, 3.05) is 0 Å². The van der Waals surface area contributed by atoms with Gasteiger partial charge in [-0.05, 0) is 0 Å². The Morgan fingerprint density at radius 1 is 1.73 bits per heavy atom. The lowest BCUT2D eigenvalue weighted by atomic mass is 10.5. The number of aromatic nitrogens is 2. The number of hydrazine groups is 1. The largest absolute Gasteiger partial charge is 0.348 e. The number of nitro groups is 1. The van der Waals surface area contributed by atoms with Crippen LogP contribution in [0.4, 0.5) is 5.69 Å². The molecule has 0 fully saturated rings. The summed E-state index contributed by atoms with van der Waals surface area (Å²) in [6.07, 6.45) is 1.74. The number of hydrogen-bond acceptors (Lipinski definition) is 6. The molecule has 1 amide bonds. The Morgan fingerprint density at radius 3 is 2.93 bits per heavy atom. The number of amides is 1. The predicted octanol–water partition coefficient (Wildman–Crippen LogP) is -1.86. The summed E-state index contributed by atoms with van der Waals surface area (Å²) in [5.74, 6) is 4.15. The molecular formula is C6H7N5O4. The van der Waals surface area contributed by atoms with Gasteiger partial charge in [0.25, 0.3) is 5.91 Å². The molecule has 1 rings (SSSR count). The van der Waals surface area contributed by atoms with Crippen LogP contribution in [-0.4, -0.2) is 20.4 Å². The number of carbonyl (C=O) groups excluding carboxylic acids is 1. The summed E-state index contributed by atoms with van der Waals surface area (Å²) < 4.78 is 0.792. The second-order valence-corrected chi connectivity index (χ2v) is 2.55. The predicted molar refractivity (Wildman–Crippen MR) is 47.5 cm³/mol. The van der Waals surface area contributed by atoms with E-state index in [4.69, 9.17) is 5.84 Å². The molecule has 9 heteroatoms. The first-order valence-corrected chi connectivity index (χ1v) is 3.75. The van der Waals surface area contributed by atoms with E-state index < -0.39 is 23.1 Å². The molecule has 0 aromatic carbocycles. The van der Waals surface area contributed by atoms with Gasteiger partial charge in [0.05, 0.1) is 11.1 Å². The molecule has 80 valence electrons. The molecule has 0 spiro atoms. The Labute approximate surface area is 82.6 Å². The minimum Gasteiger partial charge on any atom is -0.293 e. The van der Waals surface area contributed by atoms with Gasteiger partial charge in [-0.15, -0.1) is 0 Å². The summed E-state index contributed by atoms with van der Waals surface area (Å²) in [7, 11) is 0. The number of nitrogens with one attached hydrogen (secondary N) is 1. The van der Waals surface area contributed by atoms with E-state index in [2.05, 4.69) is 4.98 Å². The van der Waals surface area contributed by atoms with Crippen LogP contribution < -0.4 is 17.0 Å². The molecule has 0 atom stereocenters. The third kappa shape index (κ3) is 2.57. The van der Waals surface area contributed by atoms with Gasteiger partial charge >= 0.3 is 11.4 Å². The van der Waals surface area contributed by atoms with E-state index in [-0.39, 0.29) is 5.69 Å². The normalized spacial score (nSPS) is 9.67. The molecule has 0 bridgehead atoms. The fourth-order valence-corrected chi connectivity index (χ4v) is 0.852. The Bertz CT molecular complexity index is 453. The molecule has 1 aromatic heterocycles. The van der Waals surface area contributed by atoms with Crippen LogP contribution >= 0.6 is 0 Å². The highest BCUT2D eigenvalue weighted by atomic mass is 16.6. The van der Waals surface area contributed by atoms with Gasteiger partial charge in [-0.2, -0.15) is 4.98 Å². The Hall–Kier alpha value is -2.29. The van der Waals surface area contributed by atoms with Crippen molar-refractivity contribution in [2.45, 2.75) is 6.54 Å². The molecule has 0 saturated carbocycles. The summed E-state index contributed by atoms with van der Waals surface area (Å²) in [4.78, 5) is 34.7. The van der Waals surface area contributed by atoms with Gasteiger partial charge in [0, 0.05) is 0 Å². The smallest absolute Gasteiger partial charge is 0.293 e. The van der Waals surface area contributed by atoms with Gasteiger partial charge < -0.3 is 0 Å². The minimum atomic E-state index is -0.760. The van der Waals surface area contributed by atoms with Crippen molar-refractivity contribution in [1.82, 2.24) is 15.0 Å². The summed E-state index contributed by atoms with van der Waals surface area (Å²) >= 11 is 0. The maximum Gasteiger partial charge on any atom is 0.348 e. The van der Waals surface area contributed by atoms with Crippen LogP contribution in [0.5, 0.6) is 0 Å². The topological polar surface area (TPSA) is 133 Å². The Kier molecular flexibility index (Phi) is 3.08. The average molecular weight is 213 g/mol. The summed E-state index contributed by atoms with van der Waals surface area (Å²) in [5.41, 5.74) is 0.658. The van der Waals surface area contributed by atoms with Gasteiger partial charge in [-0.25, -0.2) is 10.6 Å². The zero-order chi connectivity index (χ0) is 11.4. The number of carbonyl (C=O) groups is 1. The first-order chi connectivity index (χ1) is 7.04. The van der Waals surface area contributed by atoms with Crippen molar-refractivity contribution in [3.05, 3.63) is 33.0 Å². The van der Waals surface area contributed by atoms with Gasteiger partial charge in [0.15, 0.2) is 0 Å². The van der Waals surface area contributed by atoms with Crippen molar-refractivity contribution in [1.29, 1.82) is 0 Å². The van der Waals surface area contributed by atoms with Crippen LogP contribution in [0.25, 0.3) is 0 Å². The molecular weight excluding hydrogens is 206 g/mol. The maximum absolute atomic E-state index is 11.1. The molecule has 1 heterocycles. The first-order valence-electron chi connectivity index (χ1n) is 3.75. The summed E-state index contributed by atoms with van der Waals surface area (Å²) in [5, 5.41) is 10.3. The van der Waals surface area contributed by atoms with Gasteiger partial charge in [0.2, 0.25) is 0 Å². The fourth-order valence-electron chi connectivity index (χ4n) is 0.852. The standard InChI is InChI=1S/C6H7N5O4/c7-9-5(12)3-10-2-4(11(14)15)1-8-6(10)13/h1-2H,3,7H2,(H,9,12). The van der Waals surface area contributed by atoms with Crippen LogP contribution in [0.15, 0.2) is 17.2 Å². The lowest BCUT2D eigenvalue weighted by Crippen LogP contribution is -2.36. The quantitative estimate of drug-likeness (QED) is 0.262. The average Bonchev–Trinajstić information content (AvgIpc) is 2.20. The second-order valence-electron chi connectivity index (χ2n) is 2.55. The van der Waals surface area contributed by atoms with Crippen molar-refractivity contribution in [3.8, 4) is 0 Å². The highest BCUT2D eigenvalue weighted by molar-refractivity contribution is 5.74. The number of rotatable bonds is 3. The molecule has 15 heavy (non-hydrogen) atoms. The fraction of sp³-hybridized carbons (Fsp3) is 0.167. The van der Waals surface area contributed by atoms with Crippen molar-refractivity contribution in [2.24, 2.45) is 5.84 Å². The van der Waals surface area contributed by atoms with E-state index >= 15 is 0 Å². The molecule has 0 aliphatic carbocycles. The van der Waals surface area contributed by atoms with Crippen LogP contribution in [0.2, 0.25) is 0 Å². The van der Waals surface area contributed by atoms with Gasteiger partial charge in [-0.3, -0.25) is 24.9 Å². The SMILES string of the molecule is NNC(=O)Cn1cc([N+](=O)[O-])cnc1=O. The van der Waals surface area contributed by atoms with E-state index in [9.17, 15) is 19.7 Å². The molecule has 0 aliphatic rings. The number of nitrogens with zero attached hydrogens (tertiary/aromatic N) is 3. The number of hydrogen-bond donors (Lipinski definition) is 2. The number of nitrogens with two attached hydrogens (primary N) is 1. The Balaban J connectivity index is 3.06. The van der Waals surface area contributed by atoms with Crippen LogP contribution in [0, 0.1) is 10.1 Å². The van der Waals surface area contributed by atoms with Crippen LogP contribution in [0.3, 0.4) is 0 Å². The highest BCUT2D eigenvalue weighted by Gasteiger charge is 2.10. The maximum atomic E-state index is 11.1. The third-order valence-corrected chi connectivity index (χ3v) is 1.53. The molecule has 0 radical (unpaired) electrons. The monoisotopic (exact) mass is 213 g/mol. The zero-order valence-electron chi connectivity index (χ0n) is 7.41. The zero-order valence-corrected chi connectivity index (χ0v) is 7.41. The van der Waals surface area contributed by atoms with Crippen molar-refractivity contribution < 1.29 is 9.72 Å². The molecule has 9 nitrogen and oxygen atoms in total. The third-order valence-electron chi connectivity index (χ3n) is 1.53. The summed E-state index contributed by atoms with van der Waals surface area (Å²) in [6, 6.07) is 0. The molecule has 0 unspecified atom stereocenters. The van der Waals surface area contributed by atoms with Crippen LogP contribution in [0.1, 0.15) is 0 Å². The minimum absolute atomic E-state index is 0.376. The highest BCUT2D eigenvalue weighted by Crippen LogP contribution is 2.04. The van der Waals surface area contributed by atoms with E-state index in [1.807, 2.05) is 0 Å². The second kappa shape index (κ2) is 4.28. The molecule has 1 aromatic rings. The lowest BCUT2D eigenvalue weighted by Gasteiger charge is -2.02. The van der Waals surface area contributed by atoms with Gasteiger partial charge in [-0.1, -0.05) is 0 Å². The van der Waals surface area contributed by atoms with Gasteiger partial charge in [0.1, 0.15) is 12.7 Å². The van der Waals surface area contributed by atoms with E-state index in [1.165, 1.54) is 0 Å². The Morgan fingerprint density at radius 2 is 2.40 bits per heavy atom. The van der Waals surface area contributed by atoms with Crippen molar-refractivity contribution >= 4 is 11.6 Å². The van der Waals surface area contributed by atoms with Crippen molar-refractivity contribution in [3.63, 3.8) is 0 Å². The van der Waals surface area contributed by atoms with E-state index in [0.717, 1.165) is 17.0 Å². The molecule has 0 aliphatic heterocycles. The van der Waals surface area contributed by atoms with E-state index in [1.54, 1.807) is 5.43 Å². The summed E-state index contributed by atoms with van der Waals surface area (Å²) in [6.45, 7) is -0.413. The van der Waals surface area contributed by atoms with Crippen LogP contribution in [-0.2, 0) is 11.3 Å². The molecule has 3 N–H and O–H groups in total. The lowest BCUT2D eigenvalue weighted by molar-refractivity contribution is -0.385. The van der Waals surface area contributed by atoms with E-state index in [0.29, 0.717) is 0 Å². The first kappa shape index (κ1) is 10.8.